The van der Waals surface area contributed by atoms with Crippen molar-refractivity contribution in [3.05, 3.63) is 42.7 Å². The minimum absolute atomic E-state index is 0.344. The second-order valence-electron chi connectivity index (χ2n) is 2.86. The van der Waals surface area contributed by atoms with Crippen LogP contribution < -0.4 is 5.73 Å². The van der Waals surface area contributed by atoms with Gasteiger partial charge in [0, 0.05) is 29.2 Å². The zero-order valence-electron chi connectivity index (χ0n) is 7.31. The Morgan fingerprint density at radius 2 is 1.86 bits per heavy atom. The molecule has 0 aliphatic rings. The number of hydrogen-bond donors (Lipinski definition) is 1. The standard InChI is InChI=1S/C10H8FN3/c11-8-1-2-9(10(12)3-8)7-4-13-6-14-5-7/h1-6H,12H2. The highest BCUT2D eigenvalue weighted by Crippen LogP contribution is 2.24. The smallest absolute Gasteiger partial charge is 0.125 e. The zero-order chi connectivity index (χ0) is 9.97. The van der Waals surface area contributed by atoms with Crippen LogP contribution in [0.2, 0.25) is 0 Å². The summed E-state index contributed by atoms with van der Waals surface area (Å²) in [5.74, 6) is -0.344. The molecule has 1 heterocycles. The largest absolute Gasteiger partial charge is 0.398 e. The molecule has 0 aliphatic heterocycles. The molecule has 0 amide bonds. The molecule has 0 fully saturated rings. The molecule has 0 radical (unpaired) electrons. The summed E-state index contributed by atoms with van der Waals surface area (Å²) in [5, 5.41) is 0. The highest BCUT2D eigenvalue weighted by Gasteiger charge is 2.03. The van der Waals surface area contributed by atoms with Crippen molar-refractivity contribution >= 4 is 5.69 Å². The normalized spacial score (nSPS) is 10.1. The lowest BCUT2D eigenvalue weighted by atomic mass is 10.1. The third kappa shape index (κ3) is 1.54. The highest BCUT2D eigenvalue weighted by molar-refractivity contribution is 5.74. The number of nitrogens with zero attached hydrogens (tertiary/aromatic N) is 2. The van der Waals surface area contributed by atoms with Gasteiger partial charge in [-0.1, -0.05) is 0 Å². The van der Waals surface area contributed by atoms with Crippen LogP contribution in [0, 0.1) is 5.82 Å². The van der Waals surface area contributed by atoms with Crippen LogP contribution in [0.5, 0.6) is 0 Å². The van der Waals surface area contributed by atoms with Crippen molar-refractivity contribution in [1.82, 2.24) is 9.97 Å². The van der Waals surface area contributed by atoms with E-state index in [0.29, 0.717) is 5.69 Å². The van der Waals surface area contributed by atoms with Gasteiger partial charge in [-0.05, 0) is 18.2 Å². The lowest BCUT2D eigenvalue weighted by Gasteiger charge is -2.03. The second-order valence-corrected chi connectivity index (χ2v) is 2.86. The molecule has 4 heteroatoms. The second kappa shape index (κ2) is 3.41. The molecule has 0 atom stereocenters. The molecule has 0 spiro atoms. The summed E-state index contributed by atoms with van der Waals surface area (Å²) in [6.07, 6.45) is 4.70. The first-order valence-electron chi connectivity index (χ1n) is 4.08. The first-order chi connectivity index (χ1) is 6.77. The summed E-state index contributed by atoms with van der Waals surface area (Å²) in [6, 6.07) is 4.25. The predicted octanol–water partition coefficient (Wildman–Crippen LogP) is 1.86. The van der Waals surface area contributed by atoms with Crippen molar-refractivity contribution in [3.8, 4) is 11.1 Å². The van der Waals surface area contributed by atoms with Crippen LogP contribution in [0.3, 0.4) is 0 Å². The van der Waals surface area contributed by atoms with Crippen molar-refractivity contribution in [2.24, 2.45) is 0 Å². The van der Waals surface area contributed by atoms with Gasteiger partial charge in [0.05, 0.1) is 0 Å². The van der Waals surface area contributed by atoms with E-state index < -0.39 is 0 Å². The van der Waals surface area contributed by atoms with E-state index >= 15 is 0 Å². The van der Waals surface area contributed by atoms with Crippen LogP contribution in [-0.2, 0) is 0 Å². The number of rotatable bonds is 1. The number of halogens is 1. The van der Waals surface area contributed by atoms with Crippen LogP contribution in [0.25, 0.3) is 11.1 Å². The molecule has 0 saturated carbocycles. The number of hydrogen-bond acceptors (Lipinski definition) is 3. The van der Waals surface area contributed by atoms with Gasteiger partial charge in [0.25, 0.3) is 0 Å². The number of nitrogen functional groups attached to an aromatic ring is 1. The van der Waals surface area contributed by atoms with Gasteiger partial charge in [0.2, 0.25) is 0 Å². The molecule has 2 rings (SSSR count). The molecule has 0 saturated heterocycles. The Labute approximate surface area is 80.4 Å². The van der Waals surface area contributed by atoms with Crippen LogP contribution in [0.15, 0.2) is 36.9 Å². The molecule has 2 N–H and O–H groups in total. The number of nitrogens with two attached hydrogens (primary N) is 1. The van der Waals surface area contributed by atoms with E-state index in [1.807, 2.05) is 0 Å². The first kappa shape index (κ1) is 8.62. The number of benzene rings is 1. The van der Waals surface area contributed by atoms with Crippen LogP contribution in [0.1, 0.15) is 0 Å². The Morgan fingerprint density at radius 3 is 2.50 bits per heavy atom. The minimum Gasteiger partial charge on any atom is -0.398 e. The lowest BCUT2D eigenvalue weighted by Crippen LogP contribution is -1.92. The van der Waals surface area contributed by atoms with Gasteiger partial charge in [-0.15, -0.1) is 0 Å². The number of aromatic nitrogens is 2. The lowest BCUT2D eigenvalue weighted by molar-refractivity contribution is 0.628. The predicted molar refractivity (Wildman–Crippen MR) is 51.8 cm³/mol. The Morgan fingerprint density at radius 1 is 1.14 bits per heavy atom. The van der Waals surface area contributed by atoms with Gasteiger partial charge in [-0.3, -0.25) is 0 Å². The van der Waals surface area contributed by atoms with E-state index in [0.717, 1.165) is 11.1 Å². The molecule has 0 aliphatic carbocycles. The molecule has 1 aromatic heterocycles. The van der Waals surface area contributed by atoms with Crippen molar-refractivity contribution < 1.29 is 4.39 Å². The Balaban J connectivity index is 2.53. The first-order valence-corrected chi connectivity index (χ1v) is 4.08. The summed E-state index contributed by atoms with van der Waals surface area (Å²) in [5.41, 5.74) is 7.57. The van der Waals surface area contributed by atoms with Crippen LogP contribution in [-0.4, -0.2) is 9.97 Å². The fraction of sp³-hybridized carbons (Fsp3) is 0. The van der Waals surface area contributed by atoms with E-state index in [9.17, 15) is 4.39 Å². The molecule has 0 unspecified atom stereocenters. The Hall–Kier alpha value is -1.97. The molecule has 1 aromatic carbocycles. The summed E-state index contributed by atoms with van der Waals surface area (Å²) in [4.78, 5) is 7.73. The van der Waals surface area contributed by atoms with Crippen molar-refractivity contribution in [2.75, 3.05) is 5.73 Å². The molecular formula is C10H8FN3. The molecule has 2 aromatic rings. The van der Waals surface area contributed by atoms with Crippen LogP contribution in [0.4, 0.5) is 10.1 Å². The van der Waals surface area contributed by atoms with E-state index in [1.54, 1.807) is 18.5 Å². The average molecular weight is 189 g/mol. The van der Waals surface area contributed by atoms with E-state index in [-0.39, 0.29) is 5.82 Å². The minimum atomic E-state index is -0.344. The Bertz CT molecular complexity index is 442. The average Bonchev–Trinajstić information content (AvgIpc) is 2.19. The van der Waals surface area contributed by atoms with Crippen LogP contribution >= 0.6 is 0 Å². The third-order valence-corrected chi connectivity index (χ3v) is 1.89. The van der Waals surface area contributed by atoms with E-state index in [4.69, 9.17) is 5.73 Å². The molecule has 14 heavy (non-hydrogen) atoms. The van der Waals surface area contributed by atoms with E-state index in [1.165, 1.54) is 18.5 Å². The fourth-order valence-electron chi connectivity index (χ4n) is 1.23. The zero-order valence-corrected chi connectivity index (χ0v) is 7.31. The fourth-order valence-corrected chi connectivity index (χ4v) is 1.23. The maximum Gasteiger partial charge on any atom is 0.125 e. The molecule has 0 bridgehead atoms. The monoisotopic (exact) mass is 189 g/mol. The van der Waals surface area contributed by atoms with Crippen molar-refractivity contribution in [1.29, 1.82) is 0 Å². The van der Waals surface area contributed by atoms with Crippen molar-refractivity contribution in [3.63, 3.8) is 0 Å². The molecule has 3 nitrogen and oxygen atoms in total. The highest BCUT2D eigenvalue weighted by atomic mass is 19.1. The molecular weight excluding hydrogens is 181 g/mol. The SMILES string of the molecule is Nc1cc(F)ccc1-c1cncnc1. The van der Waals surface area contributed by atoms with Gasteiger partial charge in [-0.2, -0.15) is 0 Å². The Kier molecular flexibility index (Phi) is 2.10. The van der Waals surface area contributed by atoms with Gasteiger partial charge >= 0.3 is 0 Å². The maximum atomic E-state index is 12.8. The summed E-state index contributed by atoms with van der Waals surface area (Å²) in [7, 11) is 0. The maximum absolute atomic E-state index is 12.8. The summed E-state index contributed by atoms with van der Waals surface area (Å²) in [6.45, 7) is 0. The summed E-state index contributed by atoms with van der Waals surface area (Å²) >= 11 is 0. The summed E-state index contributed by atoms with van der Waals surface area (Å²) < 4.78 is 12.8. The van der Waals surface area contributed by atoms with Gasteiger partial charge in [0.15, 0.2) is 0 Å². The van der Waals surface area contributed by atoms with E-state index in [2.05, 4.69) is 9.97 Å². The van der Waals surface area contributed by atoms with Crippen molar-refractivity contribution in [2.45, 2.75) is 0 Å². The number of anilines is 1. The topological polar surface area (TPSA) is 51.8 Å². The molecule has 70 valence electrons. The third-order valence-electron chi connectivity index (χ3n) is 1.89. The van der Waals surface area contributed by atoms with Gasteiger partial charge < -0.3 is 5.73 Å². The van der Waals surface area contributed by atoms with Gasteiger partial charge in [-0.25, -0.2) is 14.4 Å². The van der Waals surface area contributed by atoms with Gasteiger partial charge in [0.1, 0.15) is 12.1 Å². The quantitative estimate of drug-likeness (QED) is 0.696.